The molecule has 0 spiro atoms. The van der Waals surface area contributed by atoms with E-state index in [0.717, 1.165) is 22.4 Å². The van der Waals surface area contributed by atoms with Gasteiger partial charge >= 0.3 is 0 Å². The number of ether oxygens (including phenoxy) is 2. The second-order valence-electron chi connectivity index (χ2n) is 4.93. The molecule has 2 aromatic carbocycles. The summed E-state index contributed by atoms with van der Waals surface area (Å²) in [6.07, 6.45) is 1.73. The summed E-state index contributed by atoms with van der Waals surface area (Å²) in [6.45, 7) is 0. The highest BCUT2D eigenvalue weighted by Crippen LogP contribution is 2.36. The Labute approximate surface area is 134 Å². The highest BCUT2D eigenvalue weighted by Gasteiger charge is 2.13. The largest absolute Gasteiger partial charge is 0.493 e. The fourth-order valence-electron chi connectivity index (χ4n) is 2.43. The minimum Gasteiger partial charge on any atom is -0.493 e. The fourth-order valence-corrected chi connectivity index (χ4v) is 2.43. The van der Waals surface area contributed by atoms with Crippen molar-refractivity contribution in [3.63, 3.8) is 0 Å². The van der Waals surface area contributed by atoms with Crippen LogP contribution >= 0.6 is 0 Å². The Kier molecular flexibility index (Phi) is 4.10. The lowest BCUT2D eigenvalue weighted by atomic mass is 10.0. The number of rotatable bonds is 4. The molecule has 0 unspecified atom stereocenters. The summed E-state index contributed by atoms with van der Waals surface area (Å²) in [4.78, 5) is 8.55. The first kappa shape index (κ1) is 14.8. The second kappa shape index (κ2) is 6.36. The van der Waals surface area contributed by atoms with Crippen LogP contribution in [0.1, 0.15) is 0 Å². The van der Waals surface area contributed by atoms with Crippen LogP contribution in [0.2, 0.25) is 0 Å². The van der Waals surface area contributed by atoms with Crippen LogP contribution in [0.5, 0.6) is 11.5 Å². The third kappa shape index (κ3) is 2.94. The normalized spacial score (nSPS) is 10.3. The molecule has 0 aliphatic rings. The lowest BCUT2D eigenvalue weighted by Crippen LogP contribution is -1.99. The van der Waals surface area contributed by atoms with E-state index in [1.54, 1.807) is 20.4 Å². The number of nitrogens with zero attached hydrogens (tertiary/aromatic N) is 2. The quantitative estimate of drug-likeness (QED) is 0.800. The van der Waals surface area contributed by atoms with Gasteiger partial charge in [-0.2, -0.15) is 0 Å². The van der Waals surface area contributed by atoms with Crippen LogP contribution in [0.15, 0.2) is 54.7 Å². The molecule has 5 nitrogen and oxygen atoms in total. The first-order chi connectivity index (χ1) is 11.2. The number of nitrogen functional groups attached to an aromatic ring is 1. The van der Waals surface area contributed by atoms with Crippen LogP contribution in [-0.2, 0) is 0 Å². The molecule has 0 atom stereocenters. The Morgan fingerprint density at radius 1 is 0.870 bits per heavy atom. The van der Waals surface area contributed by atoms with Crippen LogP contribution in [0, 0.1) is 0 Å². The van der Waals surface area contributed by atoms with Gasteiger partial charge in [0.25, 0.3) is 0 Å². The Morgan fingerprint density at radius 3 is 2.30 bits per heavy atom. The van der Waals surface area contributed by atoms with Crippen molar-refractivity contribution in [2.75, 3.05) is 20.0 Å². The van der Waals surface area contributed by atoms with E-state index >= 15 is 0 Å². The molecule has 0 aliphatic heterocycles. The minimum absolute atomic E-state index is 0.244. The molecule has 0 aliphatic carbocycles. The van der Waals surface area contributed by atoms with Gasteiger partial charge in [-0.15, -0.1) is 0 Å². The van der Waals surface area contributed by atoms with Crippen molar-refractivity contribution < 1.29 is 9.47 Å². The summed E-state index contributed by atoms with van der Waals surface area (Å²) in [5.74, 6) is 1.57. The molecule has 1 heterocycles. The molecule has 2 N–H and O–H groups in total. The van der Waals surface area contributed by atoms with Gasteiger partial charge in [0.15, 0.2) is 11.5 Å². The molecule has 0 saturated heterocycles. The summed E-state index contributed by atoms with van der Waals surface area (Å²) < 4.78 is 10.7. The predicted molar refractivity (Wildman–Crippen MR) is 90.4 cm³/mol. The van der Waals surface area contributed by atoms with Crippen LogP contribution in [0.3, 0.4) is 0 Å². The molecular weight excluding hydrogens is 290 g/mol. The van der Waals surface area contributed by atoms with Gasteiger partial charge < -0.3 is 15.2 Å². The Bertz CT molecular complexity index is 820. The Balaban J connectivity index is 2.17. The molecule has 1 aromatic heterocycles. The SMILES string of the molecule is COc1ccc(-c2cnc(N)nc2-c2ccccc2)cc1OC. The van der Waals surface area contributed by atoms with Crippen molar-refractivity contribution in [2.45, 2.75) is 0 Å². The molecule has 0 saturated carbocycles. The third-order valence-electron chi connectivity index (χ3n) is 3.55. The van der Waals surface area contributed by atoms with Gasteiger partial charge in [-0.3, -0.25) is 0 Å². The topological polar surface area (TPSA) is 70.3 Å². The van der Waals surface area contributed by atoms with Crippen LogP contribution in [-0.4, -0.2) is 24.2 Å². The van der Waals surface area contributed by atoms with Gasteiger partial charge in [0.1, 0.15) is 0 Å². The lowest BCUT2D eigenvalue weighted by molar-refractivity contribution is 0.355. The van der Waals surface area contributed by atoms with Crippen molar-refractivity contribution in [3.05, 3.63) is 54.7 Å². The standard InChI is InChI=1S/C18H17N3O2/c1-22-15-9-8-13(10-16(15)23-2)14-11-20-18(19)21-17(14)12-6-4-3-5-7-12/h3-11H,1-2H3,(H2,19,20,21). The summed E-state index contributed by atoms with van der Waals surface area (Å²) in [5, 5.41) is 0. The predicted octanol–water partition coefficient (Wildman–Crippen LogP) is 3.41. The van der Waals surface area contributed by atoms with Gasteiger partial charge in [-0.25, -0.2) is 9.97 Å². The van der Waals surface area contributed by atoms with Gasteiger partial charge in [0.2, 0.25) is 5.95 Å². The third-order valence-corrected chi connectivity index (χ3v) is 3.55. The van der Waals surface area contributed by atoms with Crippen molar-refractivity contribution in [3.8, 4) is 33.9 Å². The number of benzene rings is 2. The number of aromatic nitrogens is 2. The number of nitrogens with two attached hydrogens (primary N) is 1. The first-order valence-electron chi connectivity index (χ1n) is 7.13. The van der Waals surface area contributed by atoms with Crippen molar-refractivity contribution in [1.82, 2.24) is 9.97 Å². The monoisotopic (exact) mass is 307 g/mol. The maximum absolute atomic E-state index is 5.78. The van der Waals surface area contributed by atoms with Gasteiger partial charge in [0, 0.05) is 17.3 Å². The van der Waals surface area contributed by atoms with E-state index in [1.165, 1.54) is 0 Å². The summed E-state index contributed by atoms with van der Waals surface area (Å²) >= 11 is 0. The van der Waals surface area contributed by atoms with Crippen LogP contribution < -0.4 is 15.2 Å². The number of anilines is 1. The van der Waals surface area contributed by atoms with Crippen LogP contribution in [0.25, 0.3) is 22.4 Å². The molecule has 116 valence electrons. The summed E-state index contributed by atoms with van der Waals surface area (Å²) in [7, 11) is 3.22. The van der Waals surface area contributed by atoms with E-state index in [2.05, 4.69) is 9.97 Å². The molecule has 23 heavy (non-hydrogen) atoms. The van der Waals surface area contributed by atoms with Gasteiger partial charge in [-0.05, 0) is 17.7 Å². The molecule has 3 aromatic rings. The van der Waals surface area contributed by atoms with E-state index in [-0.39, 0.29) is 5.95 Å². The number of hydrogen-bond acceptors (Lipinski definition) is 5. The lowest BCUT2D eigenvalue weighted by Gasteiger charge is -2.12. The summed E-state index contributed by atoms with van der Waals surface area (Å²) in [6, 6.07) is 15.6. The average molecular weight is 307 g/mol. The molecule has 5 heteroatoms. The van der Waals surface area contributed by atoms with Gasteiger partial charge in [-0.1, -0.05) is 36.4 Å². The Morgan fingerprint density at radius 2 is 1.61 bits per heavy atom. The van der Waals surface area contributed by atoms with E-state index < -0.39 is 0 Å². The zero-order valence-electron chi connectivity index (χ0n) is 13.0. The summed E-state index contributed by atoms with van der Waals surface area (Å²) in [5.41, 5.74) is 9.35. The van der Waals surface area contributed by atoms with Crippen molar-refractivity contribution in [2.24, 2.45) is 0 Å². The molecule has 3 rings (SSSR count). The molecule has 0 fully saturated rings. The zero-order chi connectivity index (χ0) is 16.2. The molecule has 0 amide bonds. The van der Waals surface area contributed by atoms with Crippen molar-refractivity contribution in [1.29, 1.82) is 0 Å². The maximum Gasteiger partial charge on any atom is 0.220 e. The second-order valence-corrected chi connectivity index (χ2v) is 4.93. The van der Waals surface area contributed by atoms with E-state index in [9.17, 15) is 0 Å². The fraction of sp³-hybridized carbons (Fsp3) is 0.111. The number of methoxy groups -OCH3 is 2. The Hall–Kier alpha value is -3.08. The molecular formula is C18H17N3O2. The van der Waals surface area contributed by atoms with Crippen molar-refractivity contribution >= 4 is 5.95 Å². The van der Waals surface area contributed by atoms with E-state index in [4.69, 9.17) is 15.2 Å². The zero-order valence-corrected chi connectivity index (χ0v) is 13.0. The van der Waals surface area contributed by atoms with Gasteiger partial charge in [0.05, 0.1) is 19.9 Å². The maximum atomic E-state index is 5.78. The average Bonchev–Trinajstić information content (AvgIpc) is 2.61. The van der Waals surface area contributed by atoms with E-state index in [0.29, 0.717) is 11.5 Å². The molecule has 0 bridgehead atoms. The number of hydrogen-bond donors (Lipinski definition) is 1. The highest BCUT2D eigenvalue weighted by molar-refractivity contribution is 5.81. The molecule has 0 radical (unpaired) electrons. The van der Waals surface area contributed by atoms with Crippen LogP contribution in [0.4, 0.5) is 5.95 Å². The van der Waals surface area contributed by atoms with E-state index in [1.807, 2.05) is 48.5 Å². The highest BCUT2D eigenvalue weighted by atomic mass is 16.5. The first-order valence-corrected chi connectivity index (χ1v) is 7.13. The minimum atomic E-state index is 0.244. The smallest absolute Gasteiger partial charge is 0.220 e.